The van der Waals surface area contributed by atoms with E-state index in [4.69, 9.17) is 10.4 Å². The molecule has 1 aliphatic rings. The van der Waals surface area contributed by atoms with Crippen molar-refractivity contribution >= 4 is 33.5 Å². The molecule has 1 fully saturated rings. The maximum absolute atomic E-state index is 11.8. The Bertz CT molecular complexity index is 565. The summed E-state index contributed by atoms with van der Waals surface area (Å²) in [7, 11) is 0. The van der Waals surface area contributed by atoms with E-state index < -0.39 is 17.8 Å². The Hall–Kier alpha value is -1.87. The standard InChI is InChI=1S/C12H9BrN2O3/c13-7-2-1-6(5-14)10(3-7)15-11(16)8-4-9(8)12(17)18/h1-3,8-9H,4H2,(H,15,16)(H,17,18)/t8-,9+/m1/s1. The molecule has 6 heteroatoms. The molecule has 2 N–H and O–H groups in total. The summed E-state index contributed by atoms with van der Waals surface area (Å²) in [6, 6.07) is 6.87. The van der Waals surface area contributed by atoms with Crippen LogP contribution in [0.2, 0.25) is 0 Å². The van der Waals surface area contributed by atoms with Crippen LogP contribution in [0.1, 0.15) is 12.0 Å². The molecule has 1 aromatic rings. The second-order valence-corrected chi connectivity index (χ2v) is 4.99. The number of aliphatic carboxylic acids is 1. The van der Waals surface area contributed by atoms with Crippen LogP contribution in [-0.2, 0) is 9.59 Å². The zero-order valence-corrected chi connectivity index (χ0v) is 10.8. The Balaban J connectivity index is 2.11. The zero-order chi connectivity index (χ0) is 13.3. The van der Waals surface area contributed by atoms with Crippen molar-refractivity contribution in [2.45, 2.75) is 6.42 Å². The number of hydrogen-bond acceptors (Lipinski definition) is 3. The molecule has 2 rings (SSSR count). The summed E-state index contributed by atoms with van der Waals surface area (Å²) in [6.45, 7) is 0. The summed E-state index contributed by atoms with van der Waals surface area (Å²) >= 11 is 3.25. The highest BCUT2D eigenvalue weighted by atomic mass is 79.9. The fourth-order valence-electron chi connectivity index (χ4n) is 1.70. The van der Waals surface area contributed by atoms with Crippen LogP contribution >= 0.6 is 15.9 Å². The molecule has 0 aromatic heterocycles. The third-order valence-electron chi connectivity index (χ3n) is 2.80. The molecule has 0 heterocycles. The molecule has 0 aliphatic heterocycles. The lowest BCUT2D eigenvalue weighted by Gasteiger charge is -2.06. The van der Waals surface area contributed by atoms with Crippen LogP contribution < -0.4 is 5.32 Å². The highest BCUT2D eigenvalue weighted by Gasteiger charge is 2.48. The van der Waals surface area contributed by atoms with Gasteiger partial charge in [0.2, 0.25) is 5.91 Å². The molecule has 5 nitrogen and oxygen atoms in total. The smallest absolute Gasteiger partial charge is 0.307 e. The van der Waals surface area contributed by atoms with Crippen molar-refractivity contribution in [2.24, 2.45) is 11.8 Å². The Labute approximate surface area is 112 Å². The number of carbonyl (C=O) groups is 2. The highest BCUT2D eigenvalue weighted by molar-refractivity contribution is 9.10. The number of nitrogens with one attached hydrogen (secondary N) is 1. The average Bonchev–Trinajstić information content (AvgIpc) is 3.09. The van der Waals surface area contributed by atoms with Gasteiger partial charge in [-0.1, -0.05) is 15.9 Å². The molecule has 0 bridgehead atoms. The minimum absolute atomic E-state index is 0.346. The lowest BCUT2D eigenvalue weighted by atomic mass is 10.2. The summed E-state index contributed by atoms with van der Waals surface area (Å²) in [5.74, 6) is -2.39. The Morgan fingerprint density at radius 2 is 2.17 bits per heavy atom. The molecule has 1 amide bonds. The van der Waals surface area contributed by atoms with E-state index in [0.29, 0.717) is 17.7 Å². The van der Waals surface area contributed by atoms with Gasteiger partial charge in [-0.15, -0.1) is 0 Å². The van der Waals surface area contributed by atoms with Crippen molar-refractivity contribution in [3.8, 4) is 6.07 Å². The fraction of sp³-hybridized carbons (Fsp3) is 0.250. The number of halogens is 1. The van der Waals surface area contributed by atoms with Gasteiger partial charge in [-0.25, -0.2) is 0 Å². The highest BCUT2D eigenvalue weighted by Crippen LogP contribution is 2.39. The minimum atomic E-state index is -0.954. The predicted molar refractivity (Wildman–Crippen MR) is 66.7 cm³/mol. The van der Waals surface area contributed by atoms with Crippen molar-refractivity contribution in [3.05, 3.63) is 28.2 Å². The van der Waals surface area contributed by atoms with E-state index in [9.17, 15) is 9.59 Å². The molecule has 18 heavy (non-hydrogen) atoms. The zero-order valence-electron chi connectivity index (χ0n) is 9.18. The monoisotopic (exact) mass is 308 g/mol. The maximum Gasteiger partial charge on any atom is 0.307 e. The number of carboxylic acids is 1. The maximum atomic E-state index is 11.8. The predicted octanol–water partition coefficient (Wildman–Crippen LogP) is 1.98. The van der Waals surface area contributed by atoms with Crippen LogP contribution in [0.3, 0.4) is 0 Å². The first-order valence-corrected chi connectivity index (χ1v) is 6.05. The van der Waals surface area contributed by atoms with Gasteiger partial charge in [0.25, 0.3) is 0 Å². The van der Waals surface area contributed by atoms with Gasteiger partial charge in [0.1, 0.15) is 6.07 Å². The second kappa shape index (κ2) is 4.78. The molecule has 0 saturated heterocycles. The molecule has 0 spiro atoms. The van der Waals surface area contributed by atoms with E-state index in [-0.39, 0.29) is 5.91 Å². The SMILES string of the molecule is N#Cc1ccc(Br)cc1NC(=O)[C@@H]1C[C@@H]1C(=O)O. The Morgan fingerprint density at radius 1 is 1.44 bits per heavy atom. The number of carboxylic acid groups (broad SMARTS) is 1. The molecule has 1 saturated carbocycles. The van der Waals surface area contributed by atoms with Gasteiger partial charge < -0.3 is 10.4 Å². The molecule has 1 aliphatic carbocycles. The molecule has 0 unspecified atom stereocenters. The average molecular weight is 309 g/mol. The van der Waals surface area contributed by atoms with Crippen LogP contribution in [0.4, 0.5) is 5.69 Å². The number of benzene rings is 1. The Morgan fingerprint density at radius 3 is 2.72 bits per heavy atom. The van der Waals surface area contributed by atoms with Crippen molar-refractivity contribution in [1.29, 1.82) is 5.26 Å². The van der Waals surface area contributed by atoms with Crippen LogP contribution in [0, 0.1) is 23.2 Å². The number of nitriles is 1. The van der Waals surface area contributed by atoms with Crippen LogP contribution in [0.5, 0.6) is 0 Å². The first-order chi connectivity index (χ1) is 8.52. The van der Waals surface area contributed by atoms with Gasteiger partial charge in [0, 0.05) is 4.47 Å². The van der Waals surface area contributed by atoms with E-state index in [2.05, 4.69) is 21.2 Å². The number of amides is 1. The number of hydrogen-bond donors (Lipinski definition) is 2. The lowest BCUT2D eigenvalue weighted by molar-refractivity contribution is -0.139. The van der Waals surface area contributed by atoms with Gasteiger partial charge in [0.05, 0.1) is 23.1 Å². The first-order valence-electron chi connectivity index (χ1n) is 5.26. The van der Waals surface area contributed by atoms with Gasteiger partial charge in [-0.3, -0.25) is 9.59 Å². The lowest BCUT2D eigenvalue weighted by Crippen LogP contribution is -2.17. The Kier molecular flexibility index (Phi) is 3.34. The topological polar surface area (TPSA) is 90.2 Å². The second-order valence-electron chi connectivity index (χ2n) is 4.08. The molecule has 1 aromatic carbocycles. The van der Waals surface area contributed by atoms with Gasteiger partial charge >= 0.3 is 5.97 Å². The van der Waals surface area contributed by atoms with Crippen molar-refractivity contribution < 1.29 is 14.7 Å². The molecule has 2 atom stereocenters. The number of carbonyl (C=O) groups excluding carboxylic acids is 1. The van der Waals surface area contributed by atoms with E-state index in [1.165, 1.54) is 0 Å². The van der Waals surface area contributed by atoms with Crippen LogP contribution in [0.15, 0.2) is 22.7 Å². The van der Waals surface area contributed by atoms with Crippen molar-refractivity contribution in [2.75, 3.05) is 5.32 Å². The van der Waals surface area contributed by atoms with Gasteiger partial charge in [-0.05, 0) is 24.6 Å². The fourth-order valence-corrected chi connectivity index (χ4v) is 2.06. The largest absolute Gasteiger partial charge is 0.481 e. The number of rotatable bonds is 3. The third kappa shape index (κ3) is 2.51. The minimum Gasteiger partial charge on any atom is -0.481 e. The molecular weight excluding hydrogens is 300 g/mol. The number of nitrogens with zero attached hydrogens (tertiary/aromatic N) is 1. The number of anilines is 1. The van der Waals surface area contributed by atoms with E-state index in [1.807, 2.05) is 6.07 Å². The normalized spacial score (nSPS) is 20.9. The summed E-state index contributed by atoms with van der Waals surface area (Å²) in [5, 5.41) is 20.2. The van der Waals surface area contributed by atoms with Gasteiger partial charge in [0.15, 0.2) is 0 Å². The summed E-state index contributed by atoms with van der Waals surface area (Å²) in [4.78, 5) is 22.4. The van der Waals surface area contributed by atoms with Crippen LogP contribution in [-0.4, -0.2) is 17.0 Å². The molecule has 0 radical (unpaired) electrons. The van der Waals surface area contributed by atoms with Crippen molar-refractivity contribution in [3.63, 3.8) is 0 Å². The van der Waals surface area contributed by atoms with Crippen molar-refractivity contribution in [1.82, 2.24) is 0 Å². The van der Waals surface area contributed by atoms with E-state index in [0.717, 1.165) is 4.47 Å². The van der Waals surface area contributed by atoms with Gasteiger partial charge in [-0.2, -0.15) is 5.26 Å². The summed E-state index contributed by atoms with van der Waals surface area (Å²) in [5.41, 5.74) is 0.743. The van der Waals surface area contributed by atoms with E-state index >= 15 is 0 Å². The summed E-state index contributed by atoms with van der Waals surface area (Å²) in [6.07, 6.45) is 0.358. The third-order valence-corrected chi connectivity index (χ3v) is 3.30. The quantitative estimate of drug-likeness (QED) is 0.893. The molecule has 92 valence electrons. The molecular formula is C12H9BrN2O3. The van der Waals surface area contributed by atoms with Crippen LogP contribution in [0.25, 0.3) is 0 Å². The summed E-state index contributed by atoms with van der Waals surface area (Å²) < 4.78 is 0.738. The van der Waals surface area contributed by atoms with E-state index in [1.54, 1.807) is 18.2 Å². The first kappa shape index (κ1) is 12.6.